The van der Waals surface area contributed by atoms with E-state index in [1.54, 1.807) is 12.2 Å². The fraction of sp³-hybridized carbons (Fsp3) is 0.773. The Kier molecular flexibility index (Phi) is 33.1. The monoisotopic (exact) mass is 797 g/mol. The van der Waals surface area contributed by atoms with Crippen LogP contribution in [0.1, 0.15) is 142 Å². The highest BCUT2D eigenvalue weighted by molar-refractivity contribution is 5.66. The maximum Gasteiger partial charge on any atom is 0.303 e. The van der Waals surface area contributed by atoms with Gasteiger partial charge in [0.2, 0.25) is 0 Å². The highest BCUT2D eigenvalue weighted by Gasteiger charge is 2.40. The maximum atomic E-state index is 10.5. The van der Waals surface area contributed by atoms with Crippen LogP contribution in [0.2, 0.25) is 0 Å². The van der Waals surface area contributed by atoms with Crippen LogP contribution in [0, 0.1) is 23.7 Å². The van der Waals surface area contributed by atoms with Crippen molar-refractivity contribution in [2.45, 2.75) is 179 Å². The number of allylic oxidation sites excluding steroid dienone is 4. The van der Waals surface area contributed by atoms with Gasteiger partial charge in [-0.2, -0.15) is 0 Å². The van der Waals surface area contributed by atoms with Gasteiger partial charge in [0, 0.05) is 37.5 Å². The highest BCUT2D eigenvalue weighted by Crippen LogP contribution is 2.37. The van der Waals surface area contributed by atoms with Gasteiger partial charge in [0.05, 0.1) is 36.6 Å². The molecule has 56 heavy (non-hydrogen) atoms. The van der Waals surface area contributed by atoms with Crippen LogP contribution >= 0.6 is 0 Å². The molecule has 0 spiro atoms. The SMILES string of the molecule is CCCCC[C@H](O)/C=C/[C@@H]1[C@@H](C/C=C\CCCC(=O)O)[C@@H](O)C[C@H]1O.CCCCC[C@H](O)/C=C/[C@@H]1[C@@H](C/C=C\CCCC(=O)O)[C@@H](O)C[C@H]1O.NCCCCN. The number of carboxylic acids is 2. The van der Waals surface area contributed by atoms with Crippen LogP contribution in [0.25, 0.3) is 0 Å². The van der Waals surface area contributed by atoms with Gasteiger partial charge < -0.3 is 52.3 Å². The number of hydrogen-bond donors (Lipinski definition) is 10. The molecule has 0 bridgehead atoms. The number of aliphatic hydroxyl groups is 6. The summed E-state index contributed by atoms with van der Waals surface area (Å²) in [6.07, 6.45) is 26.7. The van der Waals surface area contributed by atoms with Gasteiger partial charge in [0.15, 0.2) is 0 Å². The van der Waals surface area contributed by atoms with Crippen molar-refractivity contribution in [3.63, 3.8) is 0 Å². The summed E-state index contributed by atoms with van der Waals surface area (Å²) in [5, 5.41) is 77.9. The van der Waals surface area contributed by atoms with E-state index in [1.165, 1.54) is 0 Å². The van der Waals surface area contributed by atoms with Crippen LogP contribution in [-0.2, 0) is 9.59 Å². The minimum Gasteiger partial charge on any atom is -0.481 e. The molecule has 2 fully saturated rings. The smallest absolute Gasteiger partial charge is 0.303 e. The molecule has 12 N–H and O–H groups in total. The lowest BCUT2D eigenvalue weighted by Crippen LogP contribution is -2.20. The summed E-state index contributed by atoms with van der Waals surface area (Å²) in [4.78, 5) is 20.9. The first-order chi connectivity index (χ1) is 26.8. The predicted molar refractivity (Wildman–Crippen MR) is 224 cm³/mol. The van der Waals surface area contributed by atoms with Crippen LogP contribution in [0.15, 0.2) is 48.6 Å². The number of unbranched alkanes of at least 4 members (excludes halogenated alkanes) is 7. The summed E-state index contributed by atoms with van der Waals surface area (Å²) in [5.41, 5.74) is 10.3. The molecule has 0 aromatic heterocycles. The van der Waals surface area contributed by atoms with E-state index in [2.05, 4.69) is 13.8 Å². The zero-order valence-electron chi connectivity index (χ0n) is 34.5. The second-order valence-corrected chi connectivity index (χ2v) is 15.4. The number of hydrogen-bond acceptors (Lipinski definition) is 10. The molecular weight excluding hydrogens is 716 g/mol. The van der Waals surface area contributed by atoms with Gasteiger partial charge in [-0.3, -0.25) is 9.59 Å². The van der Waals surface area contributed by atoms with Crippen LogP contribution in [0.5, 0.6) is 0 Å². The van der Waals surface area contributed by atoms with Crippen molar-refractivity contribution in [3.8, 4) is 0 Å². The number of carboxylic acid groups (broad SMARTS) is 2. The minimum atomic E-state index is -0.787. The van der Waals surface area contributed by atoms with E-state index in [4.69, 9.17) is 21.7 Å². The Hall–Kier alpha value is -2.42. The van der Waals surface area contributed by atoms with E-state index in [9.17, 15) is 40.2 Å². The van der Waals surface area contributed by atoms with Crippen molar-refractivity contribution < 1.29 is 50.4 Å². The van der Waals surface area contributed by atoms with Crippen LogP contribution in [-0.4, -0.2) is 103 Å². The third-order valence-electron chi connectivity index (χ3n) is 10.5. The third kappa shape index (κ3) is 26.5. The fourth-order valence-corrected chi connectivity index (χ4v) is 7.10. The summed E-state index contributed by atoms with van der Waals surface area (Å²) in [7, 11) is 0. The van der Waals surface area contributed by atoms with Crippen molar-refractivity contribution >= 4 is 11.9 Å². The predicted octanol–water partition coefficient (Wildman–Crippen LogP) is 5.77. The average Bonchev–Trinajstić information content (AvgIpc) is 3.58. The molecular formula is C44H80N2O10. The quantitative estimate of drug-likeness (QED) is 0.0352. The lowest BCUT2D eigenvalue weighted by Gasteiger charge is -2.19. The molecule has 0 aromatic rings. The molecule has 0 aromatic carbocycles. The number of aliphatic hydroxyl groups excluding tert-OH is 6. The number of aliphatic carboxylic acids is 2. The van der Waals surface area contributed by atoms with Crippen LogP contribution in [0.4, 0.5) is 0 Å². The zero-order valence-corrected chi connectivity index (χ0v) is 34.5. The second kappa shape index (κ2) is 34.6. The standard InChI is InChI=1S/2C20H34O5.C4H12N2/c2*1-2-3-6-9-15(21)12-13-17-16(18(22)14-19(17)23)10-7-4-5-8-11-20(24)25;5-3-1-2-4-6/h2*4,7,12-13,15-19,21-23H,2-3,5-6,8-11,14H2,1H3,(H,24,25);1-6H2/b2*7-4-,13-12+;/t2*15-,16+,17+,18-,19+;/m00./s1. The molecule has 0 unspecified atom stereocenters. The lowest BCUT2D eigenvalue weighted by molar-refractivity contribution is -0.138. The molecule has 12 heteroatoms. The summed E-state index contributed by atoms with van der Waals surface area (Å²) in [6.45, 7) is 5.80. The normalized spacial score (nSPS) is 26.1. The molecule has 0 heterocycles. The molecule has 2 aliphatic carbocycles. The molecule has 10 atom stereocenters. The summed E-state index contributed by atoms with van der Waals surface area (Å²) in [6, 6.07) is 0. The second-order valence-electron chi connectivity index (χ2n) is 15.4. The van der Waals surface area contributed by atoms with Crippen molar-refractivity contribution in [1.82, 2.24) is 0 Å². The molecule has 12 nitrogen and oxygen atoms in total. The van der Waals surface area contributed by atoms with Gasteiger partial charge >= 0.3 is 11.9 Å². The number of nitrogens with two attached hydrogens (primary N) is 2. The first-order valence-corrected chi connectivity index (χ1v) is 21.4. The Bertz CT molecular complexity index is 1020. The molecule has 0 radical (unpaired) electrons. The Labute approximate surface area is 337 Å². The average molecular weight is 797 g/mol. The van der Waals surface area contributed by atoms with E-state index in [1.807, 2.05) is 36.5 Å². The highest BCUT2D eigenvalue weighted by atomic mass is 16.4. The van der Waals surface area contributed by atoms with Crippen LogP contribution in [0.3, 0.4) is 0 Å². The summed E-state index contributed by atoms with van der Waals surface area (Å²) >= 11 is 0. The first kappa shape index (κ1) is 53.6. The molecule has 2 saturated carbocycles. The van der Waals surface area contributed by atoms with Gasteiger partial charge in [-0.05, 0) is 89.1 Å². The minimum absolute atomic E-state index is 0.0650. The third-order valence-corrected chi connectivity index (χ3v) is 10.5. The molecule has 2 aliphatic rings. The Morgan fingerprint density at radius 1 is 0.571 bits per heavy atom. The molecule has 0 aliphatic heterocycles. The van der Waals surface area contributed by atoms with Gasteiger partial charge in [0.1, 0.15) is 0 Å². The summed E-state index contributed by atoms with van der Waals surface area (Å²) in [5.74, 6) is -2.01. The summed E-state index contributed by atoms with van der Waals surface area (Å²) < 4.78 is 0. The Morgan fingerprint density at radius 2 is 0.946 bits per heavy atom. The molecule has 0 saturated heterocycles. The zero-order chi connectivity index (χ0) is 42.1. The fourth-order valence-electron chi connectivity index (χ4n) is 7.10. The van der Waals surface area contributed by atoms with E-state index in [-0.39, 0.29) is 36.5 Å². The largest absolute Gasteiger partial charge is 0.481 e. The van der Waals surface area contributed by atoms with Crippen LogP contribution < -0.4 is 11.5 Å². The molecule has 2 rings (SSSR count). The van der Waals surface area contributed by atoms with Crippen molar-refractivity contribution in [2.75, 3.05) is 13.1 Å². The first-order valence-electron chi connectivity index (χ1n) is 21.4. The van der Waals surface area contributed by atoms with Gasteiger partial charge in [0.25, 0.3) is 0 Å². The van der Waals surface area contributed by atoms with E-state index in [0.29, 0.717) is 51.4 Å². The lowest BCUT2D eigenvalue weighted by atomic mass is 9.89. The molecule has 0 amide bonds. The number of carbonyl (C=O) groups is 2. The van der Waals surface area contributed by atoms with Crippen molar-refractivity contribution in [3.05, 3.63) is 48.6 Å². The van der Waals surface area contributed by atoms with E-state index >= 15 is 0 Å². The van der Waals surface area contributed by atoms with Gasteiger partial charge in [-0.1, -0.05) is 101 Å². The van der Waals surface area contributed by atoms with Crippen molar-refractivity contribution in [2.24, 2.45) is 35.1 Å². The van der Waals surface area contributed by atoms with E-state index < -0.39 is 48.6 Å². The van der Waals surface area contributed by atoms with E-state index in [0.717, 1.165) is 77.3 Å². The molecule has 326 valence electrons. The topological polar surface area (TPSA) is 248 Å². The van der Waals surface area contributed by atoms with Gasteiger partial charge in [-0.25, -0.2) is 0 Å². The Morgan fingerprint density at radius 3 is 1.27 bits per heavy atom. The maximum absolute atomic E-state index is 10.5. The van der Waals surface area contributed by atoms with Gasteiger partial charge in [-0.15, -0.1) is 0 Å². The number of rotatable bonds is 27. The Balaban J connectivity index is 0.000000942. The van der Waals surface area contributed by atoms with Crippen molar-refractivity contribution in [1.29, 1.82) is 0 Å².